The van der Waals surface area contributed by atoms with Crippen molar-refractivity contribution in [3.05, 3.63) is 47.5 Å². The van der Waals surface area contributed by atoms with Crippen LogP contribution in [0, 0.1) is 0 Å². The van der Waals surface area contributed by atoms with Gasteiger partial charge in [-0.25, -0.2) is 4.79 Å². The number of aromatic carboxylic acids is 1. The van der Waals surface area contributed by atoms with Crippen molar-refractivity contribution in [2.24, 2.45) is 5.73 Å². The predicted molar refractivity (Wildman–Crippen MR) is 73.1 cm³/mol. The van der Waals surface area contributed by atoms with Crippen LogP contribution in [0.25, 0.3) is 10.8 Å². The Hall–Kier alpha value is -2.36. The molecule has 0 saturated carbocycles. The number of benzene rings is 2. The van der Waals surface area contributed by atoms with E-state index in [1.54, 1.807) is 12.1 Å². The number of amides is 1. The van der Waals surface area contributed by atoms with Gasteiger partial charge >= 0.3 is 5.97 Å². The summed E-state index contributed by atoms with van der Waals surface area (Å²) < 4.78 is 0. The molecule has 0 aliphatic rings. The molecule has 1 atom stereocenters. The van der Waals surface area contributed by atoms with Crippen LogP contribution in [0.4, 0.5) is 0 Å². The average Bonchev–Trinajstić information content (AvgIpc) is 2.38. The number of carboxylic acids is 1. The number of primary amides is 1. The zero-order valence-corrected chi connectivity index (χ0v) is 10.6. The summed E-state index contributed by atoms with van der Waals surface area (Å²) in [6, 6.07) is 10.6. The monoisotopic (exact) mass is 257 g/mol. The van der Waals surface area contributed by atoms with E-state index in [2.05, 4.69) is 0 Å². The number of hydrogen-bond acceptors (Lipinski definition) is 2. The van der Waals surface area contributed by atoms with Crippen molar-refractivity contribution in [1.82, 2.24) is 0 Å². The van der Waals surface area contributed by atoms with Crippen molar-refractivity contribution in [3.63, 3.8) is 0 Å². The first-order valence-electron chi connectivity index (χ1n) is 6.10. The zero-order valence-electron chi connectivity index (χ0n) is 10.6. The quantitative estimate of drug-likeness (QED) is 0.883. The van der Waals surface area contributed by atoms with Crippen molar-refractivity contribution in [1.29, 1.82) is 0 Å². The summed E-state index contributed by atoms with van der Waals surface area (Å²) in [6.45, 7) is 1.86. The minimum atomic E-state index is -1.01. The summed E-state index contributed by atoms with van der Waals surface area (Å²) in [7, 11) is 0. The minimum absolute atomic E-state index is 0.174. The maximum Gasteiger partial charge on any atom is 0.335 e. The number of carboxylic acid groups (broad SMARTS) is 1. The molecule has 1 unspecified atom stereocenters. The summed E-state index contributed by atoms with van der Waals surface area (Å²) in [5, 5.41) is 10.8. The molecular weight excluding hydrogens is 242 g/mol. The second-order valence-electron chi connectivity index (χ2n) is 4.45. The lowest BCUT2D eigenvalue weighted by Crippen LogP contribution is -2.21. The topological polar surface area (TPSA) is 80.4 Å². The Bertz CT molecular complexity index is 649. The van der Waals surface area contributed by atoms with Crippen LogP contribution in [0.2, 0.25) is 0 Å². The van der Waals surface area contributed by atoms with Crippen LogP contribution in [-0.2, 0) is 4.79 Å². The SMILES string of the molecule is CCC(C(N)=O)c1cc(C(=O)O)cc2ccccc12. The highest BCUT2D eigenvalue weighted by Crippen LogP contribution is 2.29. The first kappa shape index (κ1) is 13.1. The largest absolute Gasteiger partial charge is 0.478 e. The molecule has 4 heteroatoms. The van der Waals surface area contributed by atoms with Gasteiger partial charge in [0.1, 0.15) is 0 Å². The first-order valence-corrected chi connectivity index (χ1v) is 6.10. The third-order valence-electron chi connectivity index (χ3n) is 3.27. The molecule has 0 aliphatic heterocycles. The van der Waals surface area contributed by atoms with Crippen molar-refractivity contribution < 1.29 is 14.7 Å². The Kier molecular flexibility index (Phi) is 3.51. The standard InChI is InChI=1S/C15H15NO3/c1-2-11(14(16)17)13-8-10(15(18)19)7-9-5-3-4-6-12(9)13/h3-8,11H,2H2,1H3,(H2,16,17)(H,18,19). The molecule has 98 valence electrons. The number of carbonyl (C=O) groups is 2. The van der Waals surface area contributed by atoms with Gasteiger partial charge < -0.3 is 10.8 Å². The van der Waals surface area contributed by atoms with Crippen LogP contribution in [0.15, 0.2) is 36.4 Å². The second-order valence-corrected chi connectivity index (χ2v) is 4.45. The highest BCUT2D eigenvalue weighted by Gasteiger charge is 2.20. The molecule has 0 saturated heterocycles. The van der Waals surface area contributed by atoms with E-state index in [1.165, 1.54) is 0 Å². The normalized spacial score (nSPS) is 12.3. The van der Waals surface area contributed by atoms with Gasteiger partial charge in [0.25, 0.3) is 0 Å². The van der Waals surface area contributed by atoms with E-state index >= 15 is 0 Å². The van der Waals surface area contributed by atoms with Gasteiger partial charge in [-0.05, 0) is 34.9 Å². The van der Waals surface area contributed by atoms with Crippen LogP contribution in [0.3, 0.4) is 0 Å². The van der Waals surface area contributed by atoms with Crippen LogP contribution >= 0.6 is 0 Å². The molecule has 0 spiro atoms. The van der Waals surface area contributed by atoms with Gasteiger partial charge in [-0.15, -0.1) is 0 Å². The third-order valence-corrected chi connectivity index (χ3v) is 3.27. The molecule has 2 rings (SSSR count). The highest BCUT2D eigenvalue weighted by atomic mass is 16.4. The number of carbonyl (C=O) groups excluding carboxylic acids is 1. The Balaban J connectivity index is 2.76. The fourth-order valence-electron chi connectivity index (χ4n) is 2.33. The van der Waals surface area contributed by atoms with E-state index in [9.17, 15) is 9.59 Å². The fourth-order valence-corrected chi connectivity index (χ4v) is 2.33. The maximum absolute atomic E-state index is 11.5. The van der Waals surface area contributed by atoms with Crippen molar-refractivity contribution in [2.75, 3.05) is 0 Å². The van der Waals surface area contributed by atoms with E-state index in [4.69, 9.17) is 10.8 Å². The van der Waals surface area contributed by atoms with E-state index in [0.29, 0.717) is 12.0 Å². The van der Waals surface area contributed by atoms with E-state index in [-0.39, 0.29) is 5.56 Å². The lowest BCUT2D eigenvalue weighted by molar-refractivity contribution is -0.119. The average molecular weight is 257 g/mol. The molecular formula is C15H15NO3. The fraction of sp³-hybridized carbons (Fsp3) is 0.200. The zero-order chi connectivity index (χ0) is 14.0. The van der Waals surface area contributed by atoms with Gasteiger partial charge in [0.05, 0.1) is 11.5 Å². The van der Waals surface area contributed by atoms with Gasteiger partial charge in [0.15, 0.2) is 0 Å². The van der Waals surface area contributed by atoms with Gasteiger partial charge in [-0.2, -0.15) is 0 Å². The van der Waals surface area contributed by atoms with Gasteiger partial charge in [0, 0.05) is 0 Å². The van der Waals surface area contributed by atoms with Gasteiger partial charge in [0.2, 0.25) is 5.91 Å². The molecule has 0 radical (unpaired) electrons. The van der Waals surface area contributed by atoms with Crippen LogP contribution in [-0.4, -0.2) is 17.0 Å². The molecule has 1 amide bonds. The van der Waals surface area contributed by atoms with Gasteiger partial charge in [-0.3, -0.25) is 4.79 Å². The maximum atomic E-state index is 11.5. The summed E-state index contributed by atoms with van der Waals surface area (Å²) in [5.41, 5.74) is 6.27. The Morgan fingerprint density at radius 2 is 1.95 bits per heavy atom. The van der Waals surface area contributed by atoms with Crippen LogP contribution < -0.4 is 5.73 Å². The minimum Gasteiger partial charge on any atom is -0.478 e. The highest BCUT2D eigenvalue weighted by molar-refractivity contribution is 5.98. The molecule has 0 aromatic heterocycles. The lowest BCUT2D eigenvalue weighted by atomic mass is 9.89. The Morgan fingerprint density at radius 1 is 1.26 bits per heavy atom. The van der Waals surface area contributed by atoms with Gasteiger partial charge in [-0.1, -0.05) is 31.2 Å². The molecule has 19 heavy (non-hydrogen) atoms. The van der Waals surface area contributed by atoms with Crippen LogP contribution in [0.5, 0.6) is 0 Å². The number of rotatable bonds is 4. The summed E-state index contributed by atoms with van der Waals surface area (Å²) in [5.74, 6) is -1.91. The summed E-state index contributed by atoms with van der Waals surface area (Å²) >= 11 is 0. The molecule has 0 heterocycles. The molecule has 0 fully saturated rings. The number of fused-ring (bicyclic) bond motifs is 1. The van der Waals surface area contributed by atoms with Crippen molar-refractivity contribution in [2.45, 2.75) is 19.3 Å². The lowest BCUT2D eigenvalue weighted by Gasteiger charge is -2.15. The molecule has 2 aromatic rings. The van der Waals surface area contributed by atoms with Crippen molar-refractivity contribution >= 4 is 22.6 Å². The smallest absolute Gasteiger partial charge is 0.335 e. The van der Waals surface area contributed by atoms with Crippen molar-refractivity contribution in [3.8, 4) is 0 Å². The summed E-state index contributed by atoms with van der Waals surface area (Å²) in [6.07, 6.45) is 0.544. The first-order chi connectivity index (χ1) is 9.04. The molecule has 0 bridgehead atoms. The second kappa shape index (κ2) is 5.10. The molecule has 2 aromatic carbocycles. The Morgan fingerprint density at radius 3 is 2.53 bits per heavy atom. The number of hydrogen-bond donors (Lipinski definition) is 2. The van der Waals surface area contributed by atoms with E-state index in [0.717, 1.165) is 10.8 Å². The van der Waals surface area contributed by atoms with Crippen LogP contribution in [0.1, 0.15) is 35.2 Å². The predicted octanol–water partition coefficient (Wildman–Crippen LogP) is 2.52. The third kappa shape index (κ3) is 2.42. The molecule has 4 nitrogen and oxygen atoms in total. The molecule has 3 N–H and O–H groups in total. The van der Waals surface area contributed by atoms with E-state index < -0.39 is 17.8 Å². The Labute approximate surface area is 110 Å². The number of nitrogens with two attached hydrogens (primary N) is 1. The van der Waals surface area contributed by atoms with E-state index in [1.807, 2.05) is 31.2 Å². The molecule has 0 aliphatic carbocycles. The summed E-state index contributed by atoms with van der Waals surface area (Å²) in [4.78, 5) is 22.7.